The molecule has 1 saturated carbocycles. The van der Waals surface area contributed by atoms with Crippen LogP contribution >= 0.6 is 0 Å². The Kier molecular flexibility index (Phi) is 3.37. The topological polar surface area (TPSA) is 67.6 Å². The Morgan fingerprint density at radius 3 is 3.00 bits per heavy atom. The highest BCUT2D eigenvalue weighted by Gasteiger charge is 2.51. The number of halogens is 1. The molecule has 0 aromatic carbocycles. The molecule has 7 nitrogen and oxygen atoms in total. The van der Waals surface area contributed by atoms with Crippen LogP contribution in [0.3, 0.4) is 0 Å². The monoisotopic (exact) mass is 366 g/mol. The fourth-order valence-corrected chi connectivity index (χ4v) is 3.70. The molecule has 138 valence electrons. The number of fused-ring (bicyclic) bond motifs is 3. The van der Waals surface area contributed by atoms with E-state index in [9.17, 15) is 4.39 Å². The van der Waals surface area contributed by atoms with Crippen LogP contribution in [0.5, 0.6) is 5.88 Å². The molecule has 2 bridgehead atoms. The number of hydrogen-bond donors (Lipinski definition) is 1. The molecule has 0 unspecified atom stereocenters. The highest BCUT2D eigenvalue weighted by Crippen LogP contribution is 2.54. The lowest BCUT2D eigenvalue weighted by Gasteiger charge is -2.30. The summed E-state index contributed by atoms with van der Waals surface area (Å²) in [6.07, 6.45) is 6.59. The van der Waals surface area contributed by atoms with Gasteiger partial charge < -0.3 is 15.0 Å². The summed E-state index contributed by atoms with van der Waals surface area (Å²) in [5.74, 6) is 0.884. The van der Waals surface area contributed by atoms with E-state index in [4.69, 9.17) is 9.72 Å². The summed E-state index contributed by atoms with van der Waals surface area (Å²) in [4.78, 5) is 11.1. The van der Waals surface area contributed by atoms with E-state index in [1.165, 1.54) is 12.3 Å². The van der Waals surface area contributed by atoms with Gasteiger partial charge in [-0.3, -0.25) is 0 Å². The zero-order valence-corrected chi connectivity index (χ0v) is 14.9. The molecule has 1 spiro atoms. The van der Waals surface area contributed by atoms with Crippen molar-refractivity contribution in [2.24, 2.45) is 0 Å². The molecule has 0 saturated heterocycles. The third kappa shape index (κ3) is 2.43. The van der Waals surface area contributed by atoms with Crippen LogP contribution in [0.15, 0.2) is 37.3 Å². The molecule has 8 heteroatoms. The molecule has 0 radical (unpaired) electrons. The number of hydrogen-bond acceptors (Lipinski definition) is 6. The van der Waals surface area contributed by atoms with Crippen LogP contribution in [0.4, 0.5) is 10.2 Å². The van der Waals surface area contributed by atoms with Gasteiger partial charge in [0.05, 0.1) is 23.5 Å². The quantitative estimate of drug-likeness (QED) is 0.659. The molecule has 2 aliphatic rings. The summed E-state index contributed by atoms with van der Waals surface area (Å²) in [5, 5.41) is 7.59. The van der Waals surface area contributed by atoms with Gasteiger partial charge in [-0.25, -0.2) is 18.9 Å². The van der Waals surface area contributed by atoms with Gasteiger partial charge in [-0.2, -0.15) is 5.10 Å². The molecule has 1 aliphatic heterocycles. The molecule has 1 aliphatic carbocycles. The molecular formula is C19H19FN6O. The minimum atomic E-state index is -0.367. The number of pyridine rings is 1. The Labute approximate surface area is 155 Å². The molecular weight excluding hydrogens is 347 g/mol. The van der Waals surface area contributed by atoms with E-state index in [0.29, 0.717) is 19.0 Å². The normalized spacial score (nSPS) is 18.3. The molecule has 4 heterocycles. The number of ether oxygens (including phenoxy) is 1. The minimum absolute atomic E-state index is 0.366. The number of aromatic nitrogens is 4. The summed E-state index contributed by atoms with van der Waals surface area (Å²) in [6, 6.07) is 3.44. The van der Waals surface area contributed by atoms with E-state index in [0.717, 1.165) is 41.1 Å². The van der Waals surface area contributed by atoms with Crippen molar-refractivity contribution in [2.75, 3.05) is 25.1 Å². The van der Waals surface area contributed by atoms with Gasteiger partial charge in [0.1, 0.15) is 18.2 Å². The number of rotatable bonds is 0. The van der Waals surface area contributed by atoms with Crippen LogP contribution in [0.25, 0.3) is 11.3 Å². The first-order valence-corrected chi connectivity index (χ1v) is 8.89. The third-order valence-corrected chi connectivity index (χ3v) is 5.39. The van der Waals surface area contributed by atoms with Crippen molar-refractivity contribution in [3.63, 3.8) is 0 Å². The van der Waals surface area contributed by atoms with Crippen molar-refractivity contribution in [3.8, 4) is 5.88 Å². The fraction of sp³-hybridized carbons (Fsp3) is 0.316. The van der Waals surface area contributed by atoms with Crippen molar-refractivity contribution in [2.45, 2.75) is 18.4 Å². The van der Waals surface area contributed by atoms with Crippen LogP contribution in [0.2, 0.25) is 0 Å². The lowest BCUT2D eigenvalue weighted by molar-refractivity contribution is 0.301. The Balaban J connectivity index is 1.69. The molecule has 3 aromatic heterocycles. The first kappa shape index (κ1) is 16.0. The second-order valence-corrected chi connectivity index (χ2v) is 6.96. The van der Waals surface area contributed by atoms with E-state index < -0.39 is 0 Å². The van der Waals surface area contributed by atoms with Crippen molar-refractivity contribution in [3.05, 3.63) is 54.2 Å². The number of anilines is 1. The van der Waals surface area contributed by atoms with Gasteiger partial charge in [-0.15, -0.1) is 0 Å². The minimum Gasteiger partial charge on any atom is -0.476 e. The van der Waals surface area contributed by atoms with Gasteiger partial charge in [-0.1, -0.05) is 6.58 Å². The molecule has 1 fully saturated rings. The smallest absolute Gasteiger partial charge is 0.219 e. The van der Waals surface area contributed by atoms with Crippen LogP contribution in [-0.2, 0) is 5.54 Å². The Morgan fingerprint density at radius 2 is 2.19 bits per heavy atom. The van der Waals surface area contributed by atoms with E-state index in [2.05, 4.69) is 26.9 Å². The Morgan fingerprint density at radius 1 is 1.33 bits per heavy atom. The molecule has 1 N–H and O–H groups in total. The van der Waals surface area contributed by atoms with Gasteiger partial charge >= 0.3 is 0 Å². The Bertz CT molecular complexity index is 1060. The van der Waals surface area contributed by atoms with Crippen LogP contribution in [0, 0.1) is 5.82 Å². The average molecular weight is 366 g/mol. The summed E-state index contributed by atoms with van der Waals surface area (Å²) in [5.41, 5.74) is 2.70. The van der Waals surface area contributed by atoms with E-state index in [1.54, 1.807) is 10.7 Å². The fourth-order valence-electron chi connectivity index (χ4n) is 3.70. The summed E-state index contributed by atoms with van der Waals surface area (Å²) in [6.45, 7) is 5.02. The van der Waals surface area contributed by atoms with Gasteiger partial charge in [0, 0.05) is 31.0 Å². The Hall–Kier alpha value is -3.16. The summed E-state index contributed by atoms with van der Waals surface area (Å²) < 4.78 is 21.6. The average Bonchev–Trinajstić information content (AvgIpc) is 3.37. The summed E-state index contributed by atoms with van der Waals surface area (Å²) in [7, 11) is 1.98. The van der Waals surface area contributed by atoms with Gasteiger partial charge in [0.2, 0.25) is 5.88 Å². The molecule has 27 heavy (non-hydrogen) atoms. The number of nitrogens with one attached hydrogen (secondary N) is 1. The molecule has 3 aromatic rings. The highest BCUT2D eigenvalue weighted by molar-refractivity contribution is 5.74. The maximum atomic E-state index is 14.0. The lowest BCUT2D eigenvalue weighted by Crippen LogP contribution is -2.33. The van der Waals surface area contributed by atoms with E-state index in [-0.39, 0.29) is 11.4 Å². The van der Waals surface area contributed by atoms with Crippen LogP contribution in [-0.4, -0.2) is 39.8 Å². The zero-order valence-electron chi connectivity index (χ0n) is 14.9. The van der Waals surface area contributed by atoms with Crippen molar-refractivity contribution >= 4 is 17.2 Å². The van der Waals surface area contributed by atoms with E-state index in [1.807, 2.05) is 19.3 Å². The van der Waals surface area contributed by atoms with Crippen LogP contribution < -0.4 is 15.0 Å². The van der Waals surface area contributed by atoms with E-state index >= 15 is 0 Å². The first-order valence-electron chi connectivity index (χ1n) is 8.89. The maximum absolute atomic E-state index is 14.0. The van der Waals surface area contributed by atoms with Crippen molar-refractivity contribution in [1.29, 1.82) is 0 Å². The van der Waals surface area contributed by atoms with Crippen LogP contribution in [0.1, 0.15) is 24.0 Å². The standard InChI is InChI=1S/C19H19FN6O/c1-12-14-11-23-26-7-3-16(24-17(14)26)25(2)19(4-5-19)15-9-13(20)10-22-18(15)27-8-6-21-12/h3,7,9-11,21H,1,4-6,8H2,2H3. The first-order chi connectivity index (χ1) is 13.1. The lowest BCUT2D eigenvalue weighted by atomic mass is 10.0. The SMILES string of the molecule is C=C1NCCOc2ncc(F)cc2C2(CC2)N(C)c2ccn3ncc1c3n2. The molecule has 5 rings (SSSR count). The predicted octanol–water partition coefficient (Wildman–Crippen LogP) is 2.34. The largest absolute Gasteiger partial charge is 0.476 e. The predicted molar refractivity (Wildman–Crippen MR) is 99.0 cm³/mol. The van der Waals surface area contributed by atoms with Crippen molar-refractivity contribution in [1.82, 2.24) is 24.9 Å². The third-order valence-electron chi connectivity index (χ3n) is 5.39. The number of nitrogens with zero attached hydrogens (tertiary/aromatic N) is 5. The second kappa shape index (κ2) is 5.67. The van der Waals surface area contributed by atoms with Gasteiger partial charge in [-0.05, 0) is 25.0 Å². The highest BCUT2D eigenvalue weighted by atomic mass is 19.1. The summed E-state index contributed by atoms with van der Waals surface area (Å²) >= 11 is 0. The van der Waals surface area contributed by atoms with Crippen molar-refractivity contribution < 1.29 is 9.13 Å². The molecule has 0 atom stereocenters. The zero-order chi connectivity index (χ0) is 18.6. The van der Waals surface area contributed by atoms with Gasteiger partial charge in [0.15, 0.2) is 5.65 Å². The maximum Gasteiger partial charge on any atom is 0.219 e. The second-order valence-electron chi connectivity index (χ2n) is 6.96. The van der Waals surface area contributed by atoms with Gasteiger partial charge in [0.25, 0.3) is 0 Å². The molecule has 0 amide bonds.